The van der Waals surface area contributed by atoms with E-state index in [0.29, 0.717) is 22.6 Å². The van der Waals surface area contributed by atoms with Crippen LogP contribution in [0.3, 0.4) is 0 Å². The molecule has 0 aliphatic heterocycles. The number of aryl methyl sites for hydroxylation is 2. The molecule has 35 heavy (non-hydrogen) atoms. The summed E-state index contributed by atoms with van der Waals surface area (Å²) in [5, 5.41) is 2.61. The number of nitrogens with one attached hydrogen (secondary N) is 3. The minimum atomic E-state index is -3.92. The van der Waals surface area contributed by atoms with Gasteiger partial charge in [-0.15, -0.1) is 0 Å². The quantitative estimate of drug-likeness (QED) is 0.397. The molecule has 3 aromatic rings. The first-order valence-corrected chi connectivity index (χ1v) is 13.2. The van der Waals surface area contributed by atoms with Gasteiger partial charge in [0, 0.05) is 11.4 Å². The molecule has 0 spiro atoms. The van der Waals surface area contributed by atoms with Gasteiger partial charge in [0.2, 0.25) is 10.0 Å². The number of hydrogen-bond acceptors (Lipinski definition) is 6. The van der Waals surface area contributed by atoms with Crippen molar-refractivity contribution >= 4 is 37.3 Å². The van der Waals surface area contributed by atoms with E-state index >= 15 is 0 Å². The van der Waals surface area contributed by atoms with E-state index in [0.717, 1.165) is 12.1 Å². The second-order valence-corrected chi connectivity index (χ2v) is 11.1. The van der Waals surface area contributed by atoms with Crippen molar-refractivity contribution in [2.45, 2.75) is 23.6 Å². The van der Waals surface area contributed by atoms with Crippen LogP contribution in [0.25, 0.3) is 0 Å². The summed E-state index contributed by atoms with van der Waals surface area (Å²) >= 11 is 0. The molecule has 1 amide bonds. The lowest BCUT2D eigenvalue weighted by molar-refractivity contribution is -0.118. The highest BCUT2D eigenvalue weighted by molar-refractivity contribution is 7.92. The van der Waals surface area contributed by atoms with E-state index in [1.807, 2.05) is 0 Å². The molecule has 186 valence electrons. The van der Waals surface area contributed by atoms with Gasteiger partial charge in [-0.05, 0) is 86.6 Å². The molecule has 0 aromatic heterocycles. The van der Waals surface area contributed by atoms with Gasteiger partial charge in [0.15, 0.2) is 6.61 Å². The Balaban J connectivity index is 1.67. The molecule has 0 saturated heterocycles. The number of sulfonamides is 2. The Kier molecular flexibility index (Phi) is 7.78. The third kappa shape index (κ3) is 6.56. The van der Waals surface area contributed by atoms with Crippen LogP contribution in [0.2, 0.25) is 0 Å². The van der Waals surface area contributed by atoms with Crippen molar-refractivity contribution in [1.82, 2.24) is 4.72 Å². The number of rotatable bonds is 9. The van der Waals surface area contributed by atoms with Gasteiger partial charge in [0.1, 0.15) is 11.6 Å². The van der Waals surface area contributed by atoms with E-state index in [-0.39, 0.29) is 22.1 Å². The van der Waals surface area contributed by atoms with E-state index < -0.39 is 31.8 Å². The van der Waals surface area contributed by atoms with Crippen molar-refractivity contribution in [2.24, 2.45) is 0 Å². The zero-order valence-electron chi connectivity index (χ0n) is 19.1. The monoisotopic (exact) mass is 521 g/mol. The number of carbonyl (C=O) groups excluding carboxylic acids is 1. The maximum Gasteiger partial charge on any atom is 0.262 e. The predicted octanol–water partition coefficient (Wildman–Crippen LogP) is 3.17. The molecule has 0 bridgehead atoms. The van der Waals surface area contributed by atoms with Crippen molar-refractivity contribution in [3.63, 3.8) is 0 Å². The number of carbonyl (C=O) groups is 1. The molecule has 0 atom stereocenters. The van der Waals surface area contributed by atoms with E-state index in [2.05, 4.69) is 14.8 Å². The maximum atomic E-state index is 13.0. The third-order valence-electron chi connectivity index (χ3n) is 4.97. The highest BCUT2D eigenvalue weighted by atomic mass is 32.2. The molecule has 12 heteroatoms. The summed E-state index contributed by atoms with van der Waals surface area (Å²) < 4.78 is 72.4. The molecule has 0 heterocycles. The predicted molar refractivity (Wildman–Crippen MR) is 130 cm³/mol. The second-order valence-electron chi connectivity index (χ2n) is 7.56. The first-order valence-electron chi connectivity index (χ1n) is 10.3. The van der Waals surface area contributed by atoms with Crippen LogP contribution < -0.4 is 19.5 Å². The highest BCUT2D eigenvalue weighted by Crippen LogP contribution is 2.24. The van der Waals surface area contributed by atoms with Crippen molar-refractivity contribution < 1.29 is 30.8 Å². The van der Waals surface area contributed by atoms with E-state index in [9.17, 15) is 26.0 Å². The third-order valence-corrected chi connectivity index (χ3v) is 7.77. The van der Waals surface area contributed by atoms with Crippen LogP contribution in [-0.4, -0.2) is 36.4 Å². The first kappa shape index (κ1) is 26.1. The number of ether oxygens (including phenoxy) is 1. The lowest BCUT2D eigenvalue weighted by Crippen LogP contribution is -2.22. The molecule has 9 nitrogen and oxygen atoms in total. The highest BCUT2D eigenvalue weighted by Gasteiger charge is 2.17. The Morgan fingerprint density at radius 1 is 0.857 bits per heavy atom. The number of anilines is 2. The lowest BCUT2D eigenvalue weighted by Gasteiger charge is -2.13. The molecular formula is C23H24FN3O6S2. The van der Waals surface area contributed by atoms with Crippen molar-refractivity contribution in [2.75, 3.05) is 23.7 Å². The zero-order valence-corrected chi connectivity index (χ0v) is 20.8. The SMILES string of the molecule is CNS(=O)(=O)c1ccc(C)c(NC(=O)COc2ccc(S(=O)(=O)Nc3ccc(F)cc3)cc2C)c1. The average Bonchev–Trinajstić information content (AvgIpc) is 2.81. The molecule has 0 fully saturated rings. The normalized spacial score (nSPS) is 11.7. The van der Waals surface area contributed by atoms with Gasteiger partial charge >= 0.3 is 0 Å². The van der Waals surface area contributed by atoms with Gasteiger partial charge in [-0.2, -0.15) is 0 Å². The van der Waals surface area contributed by atoms with Crippen molar-refractivity contribution in [1.29, 1.82) is 0 Å². The maximum absolute atomic E-state index is 13.0. The van der Waals surface area contributed by atoms with Crippen LogP contribution in [0.15, 0.2) is 70.5 Å². The summed E-state index contributed by atoms with van der Waals surface area (Å²) in [5.41, 5.74) is 1.66. The minimum absolute atomic E-state index is 0.00343. The number of benzene rings is 3. The lowest BCUT2D eigenvalue weighted by atomic mass is 10.2. The summed E-state index contributed by atoms with van der Waals surface area (Å²) in [6, 6.07) is 13.4. The van der Waals surface area contributed by atoms with Crippen molar-refractivity contribution in [3.05, 3.63) is 77.6 Å². The fraction of sp³-hybridized carbons (Fsp3) is 0.174. The topological polar surface area (TPSA) is 131 Å². The van der Waals surface area contributed by atoms with Gasteiger partial charge in [-0.3, -0.25) is 9.52 Å². The smallest absolute Gasteiger partial charge is 0.262 e. The van der Waals surface area contributed by atoms with Crippen LogP contribution in [0.4, 0.5) is 15.8 Å². The molecule has 3 aromatic carbocycles. The molecular weight excluding hydrogens is 497 g/mol. The minimum Gasteiger partial charge on any atom is -0.483 e. The van der Waals surface area contributed by atoms with Crippen LogP contribution >= 0.6 is 0 Å². The largest absolute Gasteiger partial charge is 0.483 e. The van der Waals surface area contributed by atoms with Crippen LogP contribution in [0, 0.1) is 19.7 Å². The van der Waals surface area contributed by atoms with Gasteiger partial charge in [0.25, 0.3) is 15.9 Å². The molecule has 0 aliphatic rings. The first-order chi connectivity index (χ1) is 16.4. The Bertz CT molecular complexity index is 1460. The van der Waals surface area contributed by atoms with Gasteiger partial charge in [-0.25, -0.2) is 25.9 Å². The fourth-order valence-corrected chi connectivity index (χ4v) is 4.93. The summed E-state index contributed by atoms with van der Waals surface area (Å²) in [5.74, 6) is -0.717. The Morgan fingerprint density at radius 2 is 1.49 bits per heavy atom. The summed E-state index contributed by atoms with van der Waals surface area (Å²) in [6.07, 6.45) is 0. The van der Waals surface area contributed by atoms with Crippen LogP contribution in [-0.2, 0) is 24.8 Å². The number of hydrogen-bond donors (Lipinski definition) is 3. The van der Waals surface area contributed by atoms with Crippen LogP contribution in [0.5, 0.6) is 5.75 Å². The Hall–Kier alpha value is -3.48. The molecule has 0 radical (unpaired) electrons. The van der Waals surface area contributed by atoms with Gasteiger partial charge < -0.3 is 10.1 Å². The molecule has 0 saturated carbocycles. The number of halogens is 1. The molecule has 0 unspecified atom stereocenters. The fourth-order valence-electron chi connectivity index (χ4n) is 3.03. The Labute approximate surface area is 203 Å². The summed E-state index contributed by atoms with van der Waals surface area (Å²) in [7, 11) is -6.31. The Morgan fingerprint density at radius 3 is 2.11 bits per heavy atom. The average molecular weight is 522 g/mol. The summed E-state index contributed by atoms with van der Waals surface area (Å²) in [4.78, 5) is 12.4. The zero-order chi connectivity index (χ0) is 25.8. The van der Waals surface area contributed by atoms with Gasteiger partial charge in [-0.1, -0.05) is 6.07 Å². The second kappa shape index (κ2) is 10.4. The van der Waals surface area contributed by atoms with E-state index in [1.54, 1.807) is 19.9 Å². The molecule has 3 rings (SSSR count). The summed E-state index contributed by atoms with van der Waals surface area (Å²) in [6.45, 7) is 2.96. The van der Waals surface area contributed by atoms with E-state index in [4.69, 9.17) is 4.74 Å². The van der Waals surface area contributed by atoms with Gasteiger partial charge in [0.05, 0.1) is 9.79 Å². The molecule has 0 aliphatic carbocycles. The van der Waals surface area contributed by atoms with Crippen molar-refractivity contribution in [3.8, 4) is 5.75 Å². The molecule has 3 N–H and O–H groups in total. The standard InChI is InChI=1S/C23H24FN3O6S2/c1-15-4-9-20(34(29,30)25-3)13-21(15)26-23(28)14-33-22-11-10-19(12-16(22)2)35(31,32)27-18-7-5-17(24)6-8-18/h4-13,25,27H,14H2,1-3H3,(H,26,28). The van der Waals surface area contributed by atoms with Crippen LogP contribution in [0.1, 0.15) is 11.1 Å². The van der Waals surface area contributed by atoms with E-state index in [1.165, 1.54) is 49.5 Å². The number of amides is 1.